The van der Waals surface area contributed by atoms with E-state index in [0.29, 0.717) is 42.9 Å². The molecule has 3 aromatic rings. The first-order valence-electron chi connectivity index (χ1n) is 11.6. The van der Waals surface area contributed by atoms with Gasteiger partial charge in [0, 0.05) is 75.5 Å². The zero-order valence-electron chi connectivity index (χ0n) is 20.2. The standard InChI is InChI=1S/C27H31FN4O2/c1-18-5-6-21(14-29-18)26(33)13-23-11-25(28)12-24(20(23)3)17-31-9-10-32(19(2)15-31)27(34)22-7-8-30(4)16-22/h5-8,11-12,14,16,19H,9-10,13,15,17H2,1-4H3/t19-/m0/s1. The van der Waals surface area contributed by atoms with Gasteiger partial charge in [-0.05, 0) is 67.8 Å². The minimum Gasteiger partial charge on any atom is -0.356 e. The van der Waals surface area contributed by atoms with E-state index in [4.69, 9.17) is 0 Å². The second-order valence-corrected chi connectivity index (χ2v) is 9.29. The first-order valence-corrected chi connectivity index (χ1v) is 11.6. The molecule has 0 unspecified atom stereocenters. The average Bonchev–Trinajstić information content (AvgIpc) is 3.23. The normalized spacial score (nSPS) is 16.6. The Morgan fingerprint density at radius 1 is 1.09 bits per heavy atom. The number of rotatable bonds is 6. The molecule has 4 rings (SSSR count). The number of ketones is 1. The second-order valence-electron chi connectivity index (χ2n) is 9.29. The summed E-state index contributed by atoms with van der Waals surface area (Å²) in [6, 6.07) is 8.47. The SMILES string of the molecule is Cc1ccc(C(=O)Cc2cc(F)cc(CN3CCN(C(=O)c4ccn(C)c4)[C@@H](C)C3)c2C)cn1. The third-order valence-electron chi connectivity index (χ3n) is 6.62. The third kappa shape index (κ3) is 5.25. The number of benzene rings is 1. The quantitative estimate of drug-likeness (QED) is 0.521. The van der Waals surface area contributed by atoms with E-state index >= 15 is 0 Å². The van der Waals surface area contributed by atoms with Crippen LogP contribution in [0.2, 0.25) is 0 Å². The molecule has 0 radical (unpaired) electrons. The summed E-state index contributed by atoms with van der Waals surface area (Å²) < 4.78 is 16.4. The van der Waals surface area contributed by atoms with E-state index in [-0.39, 0.29) is 30.0 Å². The number of hydrogen-bond acceptors (Lipinski definition) is 4. The summed E-state index contributed by atoms with van der Waals surface area (Å²) in [6.45, 7) is 8.48. The maximum Gasteiger partial charge on any atom is 0.255 e. The molecule has 1 amide bonds. The highest BCUT2D eigenvalue weighted by Gasteiger charge is 2.29. The highest BCUT2D eigenvalue weighted by Crippen LogP contribution is 2.22. The van der Waals surface area contributed by atoms with Gasteiger partial charge in [-0.25, -0.2) is 4.39 Å². The van der Waals surface area contributed by atoms with Crippen molar-refractivity contribution in [2.24, 2.45) is 7.05 Å². The number of amides is 1. The van der Waals surface area contributed by atoms with Crippen LogP contribution in [0.5, 0.6) is 0 Å². The molecule has 0 N–H and O–H groups in total. The van der Waals surface area contributed by atoms with Crippen LogP contribution in [0.25, 0.3) is 0 Å². The largest absolute Gasteiger partial charge is 0.356 e. The van der Waals surface area contributed by atoms with Crippen LogP contribution in [0.1, 0.15) is 50.0 Å². The van der Waals surface area contributed by atoms with Crippen LogP contribution in [0, 0.1) is 19.7 Å². The van der Waals surface area contributed by atoms with Crippen molar-refractivity contribution >= 4 is 11.7 Å². The minimum atomic E-state index is -0.337. The highest BCUT2D eigenvalue weighted by molar-refractivity contribution is 5.97. The van der Waals surface area contributed by atoms with Gasteiger partial charge >= 0.3 is 0 Å². The van der Waals surface area contributed by atoms with Crippen molar-refractivity contribution in [1.82, 2.24) is 19.4 Å². The van der Waals surface area contributed by atoms with Crippen molar-refractivity contribution in [3.8, 4) is 0 Å². The van der Waals surface area contributed by atoms with E-state index in [1.54, 1.807) is 24.4 Å². The molecule has 1 aromatic carbocycles. The number of aromatic nitrogens is 2. The number of Topliss-reactive ketones (excluding diaryl/α,β-unsaturated/α-hetero) is 1. The first kappa shape index (κ1) is 23.8. The lowest BCUT2D eigenvalue weighted by Crippen LogP contribution is -2.53. The zero-order chi connectivity index (χ0) is 24.4. The van der Waals surface area contributed by atoms with Crippen LogP contribution in [0.15, 0.2) is 48.9 Å². The molecule has 0 bridgehead atoms. The van der Waals surface area contributed by atoms with Gasteiger partial charge in [0.25, 0.3) is 5.91 Å². The van der Waals surface area contributed by atoms with Crippen LogP contribution < -0.4 is 0 Å². The van der Waals surface area contributed by atoms with Crippen molar-refractivity contribution in [2.75, 3.05) is 19.6 Å². The number of aryl methyl sites for hydroxylation is 2. The monoisotopic (exact) mass is 462 g/mol. The molecule has 3 heterocycles. The topological polar surface area (TPSA) is 58.4 Å². The Morgan fingerprint density at radius 2 is 1.85 bits per heavy atom. The first-order chi connectivity index (χ1) is 16.2. The highest BCUT2D eigenvalue weighted by atomic mass is 19.1. The fraction of sp³-hybridized carbons (Fsp3) is 0.370. The molecule has 1 saturated heterocycles. The Hall–Kier alpha value is -3.32. The minimum absolute atomic E-state index is 0.0427. The smallest absolute Gasteiger partial charge is 0.255 e. The summed E-state index contributed by atoms with van der Waals surface area (Å²) in [4.78, 5) is 34.0. The van der Waals surface area contributed by atoms with Gasteiger partial charge in [-0.2, -0.15) is 0 Å². The van der Waals surface area contributed by atoms with E-state index in [0.717, 1.165) is 16.8 Å². The molecule has 0 saturated carbocycles. The van der Waals surface area contributed by atoms with E-state index in [1.807, 2.05) is 55.7 Å². The molecular weight excluding hydrogens is 431 g/mol. The molecule has 178 valence electrons. The molecule has 1 aliphatic rings. The number of carbonyl (C=O) groups is 2. The van der Waals surface area contributed by atoms with Crippen molar-refractivity contribution in [2.45, 2.75) is 39.8 Å². The molecule has 2 aromatic heterocycles. The fourth-order valence-corrected chi connectivity index (χ4v) is 4.57. The summed E-state index contributed by atoms with van der Waals surface area (Å²) in [5.41, 5.74) is 4.59. The molecule has 1 atom stereocenters. The number of carbonyl (C=O) groups excluding carboxylic acids is 2. The molecule has 1 aliphatic heterocycles. The van der Waals surface area contributed by atoms with Crippen molar-refractivity contribution in [1.29, 1.82) is 0 Å². The Balaban J connectivity index is 1.44. The molecule has 34 heavy (non-hydrogen) atoms. The van der Waals surface area contributed by atoms with Gasteiger partial charge < -0.3 is 9.47 Å². The third-order valence-corrected chi connectivity index (χ3v) is 6.62. The molecule has 6 nitrogen and oxygen atoms in total. The zero-order valence-corrected chi connectivity index (χ0v) is 20.2. The van der Waals surface area contributed by atoms with Crippen LogP contribution in [-0.4, -0.2) is 56.7 Å². The van der Waals surface area contributed by atoms with Gasteiger partial charge in [-0.15, -0.1) is 0 Å². The Labute approximate surface area is 200 Å². The molecule has 0 aliphatic carbocycles. The number of pyridine rings is 1. The predicted molar refractivity (Wildman–Crippen MR) is 129 cm³/mol. The van der Waals surface area contributed by atoms with Gasteiger partial charge in [-0.1, -0.05) is 0 Å². The fourth-order valence-electron chi connectivity index (χ4n) is 4.57. The van der Waals surface area contributed by atoms with Crippen molar-refractivity contribution in [3.63, 3.8) is 0 Å². The van der Waals surface area contributed by atoms with Gasteiger partial charge in [0.05, 0.1) is 5.56 Å². The number of halogens is 1. The lowest BCUT2D eigenvalue weighted by atomic mass is 9.95. The average molecular weight is 463 g/mol. The van der Waals surface area contributed by atoms with E-state index in [9.17, 15) is 14.0 Å². The van der Waals surface area contributed by atoms with Crippen LogP contribution in [0.4, 0.5) is 4.39 Å². The van der Waals surface area contributed by atoms with Gasteiger partial charge in [-0.3, -0.25) is 19.5 Å². The maximum atomic E-state index is 14.5. The van der Waals surface area contributed by atoms with Gasteiger partial charge in [0.2, 0.25) is 0 Å². The lowest BCUT2D eigenvalue weighted by Gasteiger charge is -2.40. The van der Waals surface area contributed by atoms with Gasteiger partial charge in [0.15, 0.2) is 5.78 Å². The van der Waals surface area contributed by atoms with E-state index in [1.165, 1.54) is 6.07 Å². The number of piperazine rings is 1. The van der Waals surface area contributed by atoms with E-state index < -0.39 is 0 Å². The summed E-state index contributed by atoms with van der Waals surface area (Å²) in [5.74, 6) is -0.369. The number of nitrogens with zero attached hydrogens (tertiary/aromatic N) is 4. The number of hydrogen-bond donors (Lipinski definition) is 0. The Bertz CT molecular complexity index is 1200. The van der Waals surface area contributed by atoms with E-state index in [2.05, 4.69) is 9.88 Å². The predicted octanol–water partition coefficient (Wildman–Crippen LogP) is 3.95. The Morgan fingerprint density at radius 3 is 2.50 bits per heavy atom. The summed E-state index contributed by atoms with van der Waals surface area (Å²) >= 11 is 0. The van der Waals surface area contributed by atoms with Crippen molar-refractivity contribution < 1.29 is 14.0 Å². The Kier molecular flexibility index (Phi) is 6.93. The molecule has 1 fully saturated rings. The van der Waals surface area contributed by atoms with Crippen molar-refractivity contribution in [3.05, 3.63) is 88.3 Å². The lowest BCUT2D eigenvalue weighted by molar-refractivity contribution is 0.0475. The van der Waals surface area contributed by atoms with Crippen LogP contribution in [-0.2, 0) is 20.0 Å². The molecule has 7 heteroatoms. The summed E-state index contributed by atoms with van der Waals surface area (Å²) in [7, 11) is 1.90. The molecular formula is C27H31FN4O2. The molecule has 0 spiro atoms. The summed E-state index contributed by atoms with van der Waals surface area (Å²) in [5, 5.41) is 0. The van der Waals surface area contributed by atoms with Crippen LogP contribution >= 0.6 is 0 Å². The summed E-state index contributed by atoms with van der Waals surface area (Å²) in [6.07, 6.45) is 5.42. The maximum absolute atomic E-state index is 14.5. The van der Waals surface area contributed by atoms with Crippen LogP contribution in [0.3, 0.4) is 0 Å². The van der Waals surface area contributed by atoms with Gasteiger partial charge in [0.1, 0.15) is 5.82 Å². The second kappa shape index (κ2) is 9.89.